The van der Waals surface area contributed by atoms with E-state index >= 15 is 0 Å². The summed E-state index contributed by atoms with van der Waals surface area (Å²) in [5.41, 5.74) is 0.544. The monoisotopic (exact) mass is 559 g/mol. The molecule has 0 radical (unpaired) electrons. The van der Waals surface area contributed by atoms with Gasteiger partial charge in [0.2, 0.25) is 0 Å². The zero-order valence-corrected chi connectivity index (χ0v) is 20.9. The van der Waals surface area contributed by atoms with Gasteiger partial charge < -0.3 is 25.2 Å². The molecule has 0 aromatic heterocycles. The fourth-order valence-corrected chi connectivity index (χ4v) is 3.56. The molecule has 0 aliphatic carbocycles. The van der Waals surface area contributed by atoms with E-state index in [0.29, 0.717) is 22.5 Å². The van der Waals surface area contributed by atoms with Crippen LogP contribution >= 0.6 is 35.6 Å². The smallest absolute Gasteiger partial charge is 0.387 e. The first-order valence-corrected chi connectivity index (χ1v) is 10.4. The minimum absolute atomic E-state index is 0. The molecule has 1 aliphatic heterocycles. The van der Waals surface area contributed by atoms with Crippen LogP contribution in [0.1, 0.15) is 19.4 Å². The van der Waals surface area contributed by atoms with E-state index in [1.54, 1.807) is 13.1 Å². The third kappa shape index (κ3) is 9.49. The van der Waals surface area contributed by atoms with Gasteiger partial charge in [-0.05, 0) is 30.7 Å². The minimum atomic E-state index is -2.88. The average Bonchev–Trinajstić information content (AvgIpc) is 2.70. The number of guanidine groups is 1. The van der Waals surface area contributed by atoms with E-state index in [1.165, 1.54) is 12.1 Å². The van der Waals surface area contributed by atoms with Crippen LogP contribution in [0.2, 0.25) is 5.02 Å². The maximum Gasteiger partial charge on any atom is 0.387 e. The van der Waals surface area contributed by atoms with Crippen molar-refractivity contribution in [2.45, 2.75) is 27.0 Å². The van der Waals surface area contributed by atoms with Crippen molar-refractivity contribution in [3.8, 4) is 5.75 Å². The Balaban J connectivity index is 0.00000450. The Morgan fingerprint density at radius 2 is 1.87 bits per heavy atom. The van der Waals surface area contributed by atoms with E-state index in [-0.39, 0.29) is 36.3 Å². The summed E-state index contributed by atoms with van der Waals surface area (Å²) in [5, 5.41) is 6.90. The highest BCUT2D eigenvalue weighted by molar-refractivity contribution is 14.0. The zero-order chi connectivity index (χ0) is 21.2. The molecule has 1 aliphatic rings. The van der Waals surface area contributed by atoms with E-state index in [2.05, 4.69) is 44.0 Å². The second kappa shape index (κ2) is 14.2. The van der Waals surface area contributed by atoms with Crippen LogP contribution in [-0.4, -0.2) is 75.2 Å². The summed E-state index contributed by atoms with van der Waals surface area (Å²) in [6.45, 7) is 9.17. The van der Waals surface area contributed by atoms with Crippen molar-refractivity contribution in [1.82, 2.24) is 20.4 Å². The van der Waals surface area contributed by atoms with Crippen LogP contribution in [0, 0.1) is 5.92 Å². The lowest BCUT2D eigenvalue weighted by Gasteiger charge is -2.35. The predicted molar refractivity (Wildman–Crippen MR) is 129 cm³/mol. The van der Waals surface area contributed by atoms with Gasteiger partial charge in [0.1, 0.15) is 5.75 Å². The molecule has 0 saturated carbocycles. The molecular weight excluding hydrogens is 527 g/mol. The van der Waals surface area contributed by atoms with Crippen LogP contribution in [0.4, 0.5) is 8.78 Å². The fraction of sp³-hybridized carbons (Fsp3) is 0.650. The Hall–Kier alpha value is -0.910. The SMILES string of the molecule is CCN1CCN(CC(C)CNC(=NC)NCc2cc(Cl)ccc2OC(F)F)CC1.I. The van der Waals surface area contributed by atoms with Gasteiger partial charge in [0.15, 0.2) is 5.96 Å². The van der Waals surface area contributed by atoms with E-state index in [1.807, 2.05) is 0 Å². The summed E-state index contributed by atoms with van der Waals surface area (Å²) in [4.78, 5) is 9.17. The summed E-state index contributed by atoms with van der Waals surface area (Å²) in [5.74, 6) is 1.16. The third-order valence-corrected chi connectivity index (χ3v) is 5.24. The number of hydrogen-bond acceptors (Lipinski definition) is 4. The Kier molecular flexibility index (Phi) is 12.8. The Morgan fingerprint density at radius 1 is 1.20 bits per heavy atom. The van der Waals surface area contributed by atoms with E-state index in [4.69, 9.17) is 11.6 Å². The summed E-state index contributed by atoms with van der Waals surface area (Å²) < 4.78 is 29.7. The summed E-state index contributed by atoms with van der Waals surface area (Å²) in [6, 6.07) is 4.58. The van der Waals surface area contributed by atoms with Crippen molar-refractivity contribution < 1.29 is 13.5 Å². The van der Waals surface area contributed by atoms with Crippen LogP contribution in [-0.2, 0) is 6.54 Å². The number of nitrogens with one attached hydrogen (secondary N) is 2. The second-order valence-electron chi connectivity index (χ2n) is 7.28. The first kappa shape index (κ1) is 27.1. The molecule has 0 bridgehead atoms. The Labute approximate surface area is 200 Å². The minimum Gasteiger partial charge on any atom is -0.434 e. The second-order valence-corrected chi connectivity index (χ2v) is 7.71. The van der Waals surface area contributed by atoms with Crippen LogP contribution < -0.4 is 15.4 Å². The zero-order valence-electron chi connectivity index (χ0n) is 17.8. The normalized spacial score (nSPS) is 16.8. The molecule has 1 atom stereocenters. The van der Waals surface area contributed by atoms with Crippen molar-refractivity contribution in [2.24, 2.45) is 10.9 Å². The van der Waals surface area contributed by atoms with Crippen molar-refractivity contribution >= 4 is 41.5 Å². The first-order chi connectivity index (χ1) is 13.9. The fourth-order valence-electron chi connectivity index (χ4n) is 3.36. The van der Waals surface area contributed by atoms with Gasteiger partial charge in [0, 0.05) is 63.4 Å². The number of hydrogen-bond donors (Lipinski definition) is 2. The maximum atomic E-state index is 12.6. The Bertz CT molecular complexity index is 660. The maximum absolute atomic E-state index is 12.6. The van der Waals surface area contributed by atoms with Gasteiger partial charge in [-0.15, -0.1) is 24.0 Å². The number of piperazine rings is 1. The summed E-state index contributed by atoms with van der Waals surface area (Å²) in [6.07, 6.45) is 0. The molecule has 6 nitrogen and oxygen atoms in total. The van der Waals surface area contributed by atoms with Gasteiger partial charge in [-0.2, -0.15) is 8.78 Å². The Morgan fingerprint density at radius 3 is 2.47 bits per heavy atom. The van der Waals surface area contributed by atoms with E-state index in [0.717, 1.165) is 45.8 Å². The number of likely N-dealkylation sites (N-methyl/N-ethyl adjacent to an activating group) is 1. The molecule has 1 aromatic carbocycles. The summed E-state index contributed by atoms with van der Waals surface area (Å²) in [7, 11) is 1.68. The number of rotatable bonds is 9. The van der Waals surface area contributed by atoms with Crippen LogP contribution in [0.5, 0.6) is 5.75 Å². The molecule has 1 unspecified atom stereocenters. The van der Waals surface area contributed by atoms with E-state index in [9.17, 15) is 8.78 Å². The molecule has 0 spiro atoms. The molecular formula is C20H33ClF2IN5O. The molecule has 1 fully saturated rings. The van der Waals surface area contributed by atoms with Crippen molar-refractivity contribution in [2.75, 3.05) is 52.9 Å². The van der Waals surface area contributed by atoms with Gasteiger partial charge in [0.05, 0.1) is 0 Å². The van der Waals surface area contributed by atoms with Crippen LogP contribution in [0.15, 0.2) is 23.2 Å². The number of halogens is 4. The predicted octanol–water partition coefficient (Wildman–Crippen LogP) is 3.50. The quantitative estimate of drug-likeness (QED) is 0.276. The van der Waals surface area contributed by atoms with Crippen LogP contribution in [0.25, 0.3) is 0 Å². The molecule has 2 N–H and O–H groups in total. The highest BCUT2D eigenvalue weighted by atomic mass is 127. The molecule has 2 rings (SSSR count). The van der Waals surface area contributed by atoms with Gasteiger partial charge in [-0.3, -0.25) is 4.99 Å². The number of nitrogens with zero attached hydrogens (tertiary/aromatic N) is 3. The number of ether oxygens (including phenoxy) is 1. The molecule has 30 heavy (non-hydrogen) atoms. The van der Waals surface area contributed by atoms with Gasteiger partial charge >= 0.3 is 6.61 Å². The lowest BCUT2D eigenvalue weighted by Crippen LogP contribution is -2.48. The van der Waals surface area contributed by atoms with E-state index < -0.39 is 6.61 Å². The average molecular weight is 560 g/mol. The lowest BCUT2D eigenvalue weighted by molar-refractivity contribution is -0.0504. The van der Waals surface area contributed by atoms with Gasteiger partial charge in [-0.1, -0.05) is 25.4 Å². The molecule has 1 aromatic rings. The highest BCUT2D eigenvalue weighted by Crippen LogP contribution is 2.24. The van der Waals surface area contributed by atoms with Gasteiger partial charge in [-0.25, -0.2) is 0 Å². The molecule has 1 heterocycles. The molecule has 10 heteroatoms. The topological polar surface area (TPSA) is 52.1 Å². The van der Waals surface area contributed by atoms with Crippen LogP contribution in [0.3, 0.4) is 0 Å². The van der Waals surface area contributed by atoms with Gasteiger partial charge in [0.25, 0.3) is 0 Å². The number of benzene rings is 1. The largest absolute Gasteiger partial charge is 0.434 e. The summed E-state index contributed by atoms with van der Waals surface area (Å²) >= 11 is 5.99. The third-order valence-electron chi connectivity index (χ3n) is 5.01. The van der Waals surface area contributed by atoms with Crippen molar-refractivity contribution in [3.05, 3.63) is 28.8 Å². The molecule has 0 amide bonds. The lowest BCUT2D eigenvalue weighted by atomic mass is 10.1. The first-order valence-electron chi connectivity index (χ1n) is 10.0. The number of aliphatic imine (C=N–C) groups is 1. The molecule has 172 valence electrons. The molecule has 1 saturated heterocycles. The van der Waals surface area contributed by atoms with Crippen molar-refractivity contribution in [3.63, 3.8) is 0 Å². The highest BCUT2D eigenvalue weighted by Gasteiger charge is 2.17. The standard InChI is InChI=1S/C20H32ClF2N5O.HI/c1-4-27-7-9-28(10-8-27)14-15(2)12-25-20(24-3)26-13-16-11-17(21)5-6-18(16)29-19(22)23;/h5-6,11,15,19H,4,7-10,12-14H2,1-3H3,(H2,24,25,26);1H. The van der Waals surface area contributed by atoms with Crippen molar-refractivity contribution in [1.29, 1.82) is 0 Å². The number of alkyl halides is 2.